The van der Waals surface area contributed by atoms with E-state index in [4.69, 9.17) is 10.5 Å². The molecule has 2 aliphatic heterocycles. The predicted octanol–water partition coefficient (Wildman–Crippen LogP) is 4.08. The molecular weight excluding hydrogens is 418 g/mol. The van der Waals surface area contributed by atoms with Gasteiger partial charge in [-0.1, -0.05) is 18.2 Å². The molecule has 2 aromatic rings. The van der Waals surface area contributed by atoms with Gasteiger partial charge < -0.3 is 20.3 Å². The predicted molar refractivity (Wildman–Crippen MR) is 124 cm³/mol. The largest absolute Gasteiger partial charge is 0.497 e. The first-order valence-corrected chi connectivity index (χ1v) is 11.4. The van der Waals surface area contributed by atoms with Crippen molar-refractivity contribution in [2.45, 2.75) is 38.3 Å². The maximum Gasteiger partial charge on any atom is 0.229 e. The van der Waals surface area contributed by atoms with Crippen molar-refractivity contribution < 1.29 is 9.53 Å². The highest BCUT2D eigenvalue weighted by atomic mass is 35.5. The van der Waals surface area contributed by atoms with E-state index in [1.807, 2.05) is 17.0 Å². The average molecular weight is 450 g/mol. The van der Waals surface area contributed by atoms with Crippen LogP contribution in [0.25, 0.3) is 0 Å². The Labute approximate surface area is 189 Å². The summed E-state index contributed by atoms with van der Waals surface area (Å²) in [4.78, 5) is 19.0. The number of likely N-dealkylation sites (tertiary alicyclic amines) is 2. The van der Waals surface area contributed by atoms with Crippen molar-refractivity contribution in [3.63, 3.8) is 0 Å². The Balaban J connectivity index is 0.00000256. The zero-order valence-electron chi connectivity index (χ0n) is 17.6. The Morgan fingerprint density at radius 2 is 1.83 bits per heavy atom. The Morgan fingerprint density at radius 3 is 2.47 bits per heavy atom. The van der Waals surface area contributed by atoms with E-state index < -0.39 is 0 Å². The van der Waals surface area contributed by atoms with Gasteiger partial charge in [0.05, 0.1) is 12.5 Å². The van der Waals surface area contributed by atoms with E-state index in [0.29, 0.717) is 12.5 Å². The molecule has 2 N–H and O–H groups in total. The highest BCUT2D eigenvalue weighted by Gasteiger charge is 2.47. The molecule has 0 radical (unpaired) electrons. The lowest BCUT2D eigenvalue weighted by Gasteiger charge is -2.38. The summed E-state index contributed by atoms with van der Waals surface area (Å²) in [5.41, 5.74) is 7.34. The molecule has 4 rings (SSSR count). The summed E-state index contributed by atoms with van der Waals surface area (Å²) in [6.45, 7) is 4.58. The maximum atomic E-state index is 13.2. The van der Waals surface area contributed by atoms with E-state index in [1.165, 1.54) is 4.88 Å². The summed E-state index contributed by atoms with van der Waals surface area (Å²) in [5.74, 6) is 1.20. The number of rotatable bonds is 7. The number of thiophene rings is 1. The summed E-state index contributed by atoms with van der Waals surface area (Å²) in [6.07, 6.45) is 3.91. The molecule has 0 aliphatic carbocycles. The molecule has 1 atom stereocenters. The lowest BCUT2D eigenvalue weighted by Crippen LogP contribution is -2.45. The zero-order valence-corrected chi connectivity index (χ0v) is 19.2. The number of hydrogen-bond donors (Lipinski definition) is 1. The molecule has 2 fully saturated rings. The molecule has 1 amide bonds. The third kappa shape index (κ3) is 4.99. The summed E-state index contributed by atoms with van der Waals surface area (Å²) < 4.78 is 5.22. The van der Waals surface area contributed by atoms with Gasteiger partial charge in [-0.05, 0) is 74.5 Å². The molecule has 1 aromatic carbocycles. The molecule has 1 unspecified atom stereocenters. The maximum absolute atomic E-state index is 13.2. The highest BCUT2D eigenvalue weighted by Crippen LogP contribution is 2.42. The van der Waals surface area contributed by atoms with E-state index in [2.05, 4.69) is 34.5 Å². The van der Waals surface area contributed by atoms with Crippen LogP contribution in [0.3, 0.4) is 0 Å². The van der Waals surface area contributed by atoms with Crippen LogP contribution >= 0.6 is 23.7 Å². The smallest absolute Gasteiger partial charge is 0.229 e. The number of hydrogen-bond acceptors (Lipinski definition) is 5. The van der Waals surface area contributed by atoms with Gasteiger partial charge in [0.1, 0.15) is 5.75 Å². The standard InChI is InChI=1S/C23H31N3O2S.ClH/c1-28-19-6-4-18(5-7-19)17-26-15-11-23(22(26)27)9-13-25(14-10-23)12-8-20(24)21-3-2-16-29-21;/h2-7,16,20H,8-15,17,24H2,1H3;1H. The number of halogens is 1. The van der Waals surface area contributed by atoms with Gasteiger partial charge in [0, 0.05) is 24.0 Å². The molecule has 164 valence electrons. The number of ether oxygens (including phenoxy) is 1. The minimum Gasteiger partial charge on any atom is -0.497 e. The molecule has 0 saturated carbocycles. The van der Waals surface area contributed by atoms with Crippen LogP contribution in [0.4, 0.5) is 0 Å². The molecule has 7 heteroatoms. The fourth-order valence-corrected chi connectivity index (χ4v) is 5.39. The Kier molecular flexibility index (Phi) is 7.80. The van der Waals surface area contributed by atoms with E-state index in [-0.39, 0.29) is 23.9 Å². The van der Waals surface area contributed by atoms with Gasteiger partial charge in [-0.3, -0.25) is 4.79 Å². The Bertz CT molecular complexity index is 804. The van der Waals surface area contributed by atoms with Crippen LogP contribution in [-0.2, 0) is 11.3 Å². The van der Waals surface area contributed by atoms with Crippen LogP contribution in [-0.4, -0.2) is 49.0 Å². The third-order valence-corrected chi connectivity index (χ3v) is 7.62. The number of carbonyl (C=O) groups is 1. The lowest BCUT2D eigenvalue weighted by molar-refractivity contribution is -0.138. The second kappa shape index (κ2) is 10.1. The first-order valence-electron chi connectivity index (χ1n) is 10.5. The van der Waals surface area contributed by atoms with E-state index >= 15 is 0 Å². The Morgan fingerprint density at radius 1 is 1.13 bits per heavy atom. The van der Waals surface area contributed by atoms with E-state index in [0.717, 1.165) is 63.2 Å². The van der Waals surface area contributed by atoms with Crippen LogP contribution < -0.4 is 10.5 Å². The van der Waals surface area contributed by atoms with Crippen molar-refractivity contribution in [2.75, 3.05) is 33.3 Å². The second-order valence-corrected chi connectivity index (χ2v) is 9.34. The topological polar surface area (TPSA) is 58.8 Å². The molecule has 1 aromatic heterocycles. The fraction of sp³-hybridized carbons (Fsp3) is 0.522. The molecule has 3 heterocycles. The lowest BCUT2D eigenvalue weighted by atomic mass is 9.77. The first kappa shape index (κ1) is 23.1. The number of methoxy groups -OCH3 is 1. The summed E-state index contributed by atoms with van der Waals surface area (Å²) in [6, 6.07) is 12.3. The molecule has 30 heavy (non-hydrogen) atoms. The second-order valence-electron chi connectivity index (χ2n) is 8.36. The van der Waals surface area contributed by atoms with Crippen molar-refractivity contribution in [3.05, 3.63) is 52.2 Å². The number of nitrogens with two attached hydrogens (primary N) is 1. The van der Waals surface area contributed by atoms with Gasteiger partial charge in [0.15, 0.2) is 0 Å². The molecule has 0 bridgehead atoms. The van der Waals surface area contributed by atoms with Gasteiger partial charge in [0.25, 0.3) is 0 Å². The molecule has 5 nitrogen and oxygen atoms in total. The Hall–Kier alpha value is -1.60. The summed E-state index contributed by atoms with van der Waals surface area (Å²) >= 11 is 1.74. The number of benzene rings is 1. The van der Waals surface area contributed by atoms with Crippen molar-refractivity contribution in [3.8, 4) is 5.75 Å². The van der Waals surface area contributed by atoms with Crippen LogP contribution in [0.2, 0.25) is 0 Å². The van der Waals surface area contributed by atoms with Crippen molar-refractivity contribution in [1.82, 2.24) is 9.80 Å². The number of amides is 1. The van der Waals surface area contributed by atoms with Gasteiger partial charge in [-0.25, -0.2) is 0 Å². The van der Waals surface area contributed by atoms with Gasteiger partial charge in [-0.2, -0.15) is 0 Å². The SMILES string of the molecule is COc1ccc(CN2CCC3(CCN(CCC(N)c4cccs4)CC3)C2=O)cc1.Cl. The van der Waals surface area contributed by atoms with Crippen LogP contribution in [0.15, 0.2) is 41.8 Å². The quantitative estimate of drug-likeness (QED) is 0.691. The molecular formula is C23H32ClN3O2S. The van der Waals surface area contributed by atoms with Gasteiger partial charge in [0.2, 0.25) is 5.91 Å². The number of carbonyl (C=O) groups excluding carboxylic acids is 1. The number of piperidine rings is 1. The van der Waals surface area contributed by atoms with Gasteiger partial charge >= 0.3 is 0 Å². The first-order chi connectivity index (χ1) is 14.1. The monoisotopic (exact) mass is 449 g/mol. The highest BCUT2D eigenvalue weighted by molar-refractivity contribution is 7.10. The normalized spacial score (nSPS) is 19.7. The van der Waals surface area contributed by atoms with E-state index in [9.17, 15) is 4.79 Å². The molecule has 1 spiro atoms. The fourth-order valence-electron chi connectivity index (χ4n) is 4.63. The van der Waals surface area contributed by atoms with Gasteiger partial charge in [-0.15, -0.1) is 23.7 Å². The minimum atomic E-state index is -0.140. The van der Waals surface area contributed by atoms with Crippen LogP contribution in [0.5, 0.6) is 5.75 Å². The average Bonchev–Trinajstić information content (AvgIpc) is 3.39. The van der Waals surface area contributed by atoms with Crippen molar-refractivity contribution >= 4 is 29.7 Å². The summed E-state index contributed by atoms with van der Waals surface area (Å²) in [5, 5.41) is 2.09. The van der Waals surface area contributed by atoms with Crippen LogP contribution in [0.1, 0.15) is 42.2 Å². The van der Waals surface area contributed by atoms with Crippen molar-refractivity contribution in [1.29, 1.82) is 0 Å². The minimum absolute atomic E-state index is 0. The van der Waals surface area contributed by atoms with Crippen LogP contribution in [0, 0.1) is 5.41 Å². The number of nitrogens with zero attached hydrogens (tertiary/aromatic N) is 2. The third-order valence-electron chi connectivity index (χ3n) is 6.61. The molecule has 2 saturated heterocycles. The summed E-state index contributed by atoms with van der Waals surface area (Å²) in [7, 11) is 1.67. The molecule has 2 aliphatic rings. The van der Waals surface area contributed by atoms with Crippen molar-refractivity contribution in [2.24, 2.45) is 11.1 Å². The van der Waals surface area contributed by atoms with E-state index in [1.54, 1.807) is 18.4 Å². The zero-order chi connectivity index (χ0) is 20.3.